The van der Waals surface area contributed by atoms with Crippen LogP contribution < -0.4 is 4.74 Å². The van der Waals surface area contributed by atoms with E-state index in [1.165, 1.54) is 0 Å². The van der Waals surface area contributed by atoms with Crippen molar-refractivity contribution >= 4 is 35.1 Å². The van der Waals surface area contributed by atoms with Crippen molar-refractivity contribution in [1.82, 2.24) is 24.7 Å². The van der Waals surface area contributed by atoms with Gasteiger partial charge in [-0.15, -0.1) is 0 Å². The highest BCUT2D eigenvalue weighted by Gasteiger charge is 2.60. The topological polar surface area (TPSA) is 92.6 Å². The molecular weight excluding hydrogens is 687 g/mol. The molecule has 0 bridgehead atoms. The van der Waals surface area contributed by atoms with Gasteiger partial charge in [-0.1, -0.05) is 68.2 Å². The van der Waals surface area contributed by atoms with Gasteiger partial charge in [0.25, 0.3) is 0 Å². The first-order valence-corrected chi connectivity index (χ1v) is 18.6. The molecule has 3 aliphatic rings. The number of hydrogen-bond acceptors (Lipinski definition) is 8. The van der Waals surface area contributed by atoms with Gasteiger partial charge in [0.2, 0.25) is 5.88 Å². The van der Waals surface area contributed by atoms with Crippen molar-refractivity contribution in [2.45, 2.75) is 90.2 Å². The van der Waals surface area contributed by atoms with E-state index in [0.29, 0.717) is 59.5 Å². The molecule has 0 spiro atoms. The number of rotatable bonds is 8. The molecule has 0 saturated carbocycles. The molecule has 0 N–H and O–H groups in total. The lowest BCUT2D eigenvalue weighted by Crippen LogP contribution is -2.60. The van der Waals surface area contributed by atoms with Gasteiger partial charge >= 0.3 is 6.03 Å². The van der Waals surface area contributed by atoms with E-state index in [2.05, 4.69) is 39.5 Å². The fraction of sp³-hybridized carbons (Fsp3) is 0.538. The number of nitrogens with zero attached hydrogens (tertiary/aromatic N) is 6. The Hall–Kier alpha value is -3.28. The molecule has 2 aromatic carbocycles. The van der Waals surface area contributed by atoms with Crippen molar-refractivity contribution < 1.29 is 19.0 Å². The van der Waals surface area contributed by atoms with Crippen molar-refractivity contribution in [1.29, 1.82) is 0 Å². The fourth-order valence-corrected chi connectivity index (χ4v) is 7.48. The first kappa shape index (κ1) is 37.5. The van der Waals surface area contributed by atoms with Gasteiger partial charge in [-0.2, -0.15) is 4.98 Å². The van der Waals surface area contributed by atoms with E-state index in [9.17, 15) is 0 Å². The summed E-state index contributed by atoms with van der Waals surface area (Å²) in [6.07, 6.45) is 2.70. The highest BCUT2D eigenvalue weighted by atomic mass is 35.5. The Labute approximate surface area is 312 Å². The quantitative estimate of drug-likeness (QED) is 0.235. The Kier molecular flexibility index (Phi) is 10.5. The summed E-state index contributed by atoms with van der Waals surface area (Å²) >= 11 is 12.8. The van der Waals surface area contributed by atoms with Crippen LogP contribution in [0.3, 0.4) is 0 Å². The maximum atomic E-state index is 15.2. The Morgan fingerprint density at radius 3 is 2.10 bits per heavy atom. The number of aromatic nitrogens is 2. The van der Waals surface area contributed by atoms with E-state index in [1.807, 2.05) is 79.1 Å². The van der Waals surface area contributed by atoms with Crippen LogP contribution in [-0.2, 0) is 26.0 Å². The van der Waals surface area contributed by atoms with Crippen LogP contribution in [0.5, 0.6) is 5.88 Å². The highest BCUT2D eigenvalue weighted by Crippen LogP contribution is 2.54. The lowest BCUT2D eigenvalue weighted by molar-refractivity contribution is -0.139. The summed E-state index contributed by atoms with van der Waals surface area (Å²) in [7, 11) is 0. The second kappa shape index (κ2) is 14.3. The van der Waals surface area contributed by atoms with Crippen LogP contribution in [0.25, 0.3) is 0 Å². The van der Waals surface area contributed by atoms with Crippen LogP contribution in [-0.4, -0.2) is 94.4 Å². The molecule has 10 nitrogen and oxygen atoms in total. The number of ether oxygens (including phenoxy) is 3. The lowest BCUT2D eigenvalue weighted by Gasteiger charge is -2.47. The van der Waals surface area contributed by atoms with Gasteiger partial charge < -0.3 is 19.1 Å². The van der Waals surface area contributed by atoms with E-state index in [4.69, 9.17) is 52.4 Å². The number of hydrogen-bond donors (Lipinski definition) is 0. The third-order valence-corrected chi connectivity index (χ3v) is 10.9. The van der Waals surface area contributed by atoms with E-state index in [0.717, 1.165) is 37.2 Å². The average Bonchev–Trinajstić information content (AvgIpc) is 3.57. The maximum absolute atomic E-state index is 15.2. The summed E-state index contributed by atoms with van der Waals surface area (Å²) in [5, 5.41) is 1.22. The number of carbonyl (C=O) groups excluding carboxylic acids is 1. The molecule has 0 radical (unpaired) electrons. The summed E-state index contributed by atoms with van der Waals surface area (Å²) in [6, 6.07) is 15.2. The molecule has 0 aliphatic carbocycles. The van der Waals surface area contributed by atoms with Crippen molar-refractivity contribution in [3.05, 3.63) is 87.3 Å². The van der Waals surface area contributed by atoms with Crippen molar-refractivity contribution in [2.75, 3.05) is 45.9 Å². The third kappa shape index (κ3) is 7.35. The monoisotopic (exact) mass is 736 g/mol. The molecule has 2 amide bonds. The van der Waals surface area contributed by atoms with Crippen molar-refractivity contribution in [2.24, 2.45) is 4.99 Å². The zero-order valence-electron chi connectivity index (χ0n) is 31.0. The number of halogens is 2. The summed E-state index contributed by atoms with van der Waals surface area (Å²) in [5.74, 6) is 0.935. The van der Waals surface area contributed by atoms with Gasteiger partial charge in [-0.25, -0.2) is 9.78 Å². The summed E-state index contributed by atoms with van der Waals surface area (Å²) in [6.45, 7) is 20.6. The van der Waals surface area contributed by atoms with Gasteiger partial charge in [-0.3, -0.25) is 14.8 Å². The van der Waals surface area contributed by atoms with Crippen LogP contribution in [0, 0.1) is 0 Å². The minimum Gasteiger partial charge on any atom is -0.477 e. The predicted octanol–water partition coefficient (Wildman–Crippen LogP) is 7.65. The lowest BCUT2D eigenvalue weighted by atomic mass is 9.71. The minimum absolute atomic E-state index is 0.0695. The Balaban J connectivity index is 1.42. The van der Waals surface area contributed by atoms with Crippen molar-refractivity contribution in [3.63, 3.8) is 0 Å². The molecule has 2 fully saturated rings. The van der Waals surface area contributed by atoms with Crippen LogP contribution in [0.15, 0.2) is 59.7 Å². The van der Waals surface area contributed by atoms with Crippen molar-refractivity contribution in [3.8, 4) is 5.88 Å². The van der Waals surface area contributed by atoms with E-state index in [-0.39, 0.29) is 17.6 Å². The largest absolute Gasteiger partial charge is 0.477 e. The summed E-state index contributed by atoms with van der Waals surface area (Å²) < 4.78 is 18.0. The Bertz CT molecular complexity index is 1750. The fourth-order valence-electron chi connectivity index (χ4n) is 7.23. The van der Waals surface area contributed by atoms with Gasteiger partial charge in [0.15, 0.2) is 5.79 Å². The van der Waals surface area contributed by atoms with Crippen LogP contribution in [0.2, 0.25) is 10.0 Å². The number of benzene rings is 2. The van der Waals surface area contributed by atoms with Gasteiger partial charge in [0.1, 0.15) is 22.7 Å². The Morgan fingerprint density at radius 1 is 0.941 bits per heavy atom. The number of aliphatic imine (C=N–C) groups is 1. The first-order valence-electron chi connectivity index (χ1n) is 17.8. The van der Waals surface area contributed by atoms with Crippen LogP contribution in [0.4, 0.5) is 4.79 Å². The molecule has 12 heteroatoms. The van der Waals surface area contributed by atoms with Gasteiger partial charge in [0, 0.05) is 54.4 Å². The summed E-state index contributed by atoms with van der Waals surface area (Å²) in [5.41, 5.74) is 0.0154. The molecule has 3 aromatic rings. The molecule has 3 aliphatic heterocycles. The smallest absolute Gasteiger partial charge is 0.326 e. The number of carbonyl (C=O) groups is 1. The molecule has 6 rings (SSSR count). The molecule has 51 heavy (non-hydrogen) atoms. The Morgan fingerprint density at radius 2 is 1.55 bits per heavy atom. The van der Waals surface area contributed by atoms with Crippen LogP contribution in [0.1, 0.15) is 84.3 Å². The first-order chi connectivity index (χ1) is 24.1. The maximum Gasteiger partial charge on any atom is 0.326 e. The number of piperazine rings is 1. The van der Waals surface area contributed by atoms with E-state index < -0.39 is 16.9 Å². The SMILES string of the molecule is CCOc1nc(C(C)(C)C)ncc1C1=NC(C)(c2ccc(Cl)cc2)C(C)(c2ccc(Cl)cc2)N1C(=O)N1CCN(CC[C@@H]2COC(C)(C)O2)CC1. The second-order valence-corrected chi connectivity index (χ2v) is 16.2. The molecular formula is C39H50Cl2N6O4. The molecule has 1 aromatic heterocycles. The van der Waals surface area contributed by atoms with Gasteiger partial charge in [-0.05, 0) is 76.4 Å². The van der Waals surface area contributed by atoms with Gasteiger partial charge in [0.05, 0.1) is 24.9 Å². The minimum atomic E-state index is -1.02. The zero-order valence-corrected chi connectivity index (χ0v) is 32.5. The zero-order chi connectivity index (χ0) is 36.8. The molecule has 2 saturated heterocycles. The van der Waals surface area contributed by atoms with Crippen LogP contribution >= 0.6 is 23.2 Å². The molecule has 274 valence electrons. The standard InChI is InChI=1S/C39H50Cl2N6O4/c1-9-49-33-31(24-42-34(43-33)36(2,3)4)32-44-38(7,26-10-14-28(40)15-11-26)39(8,27-12-16-29(41)17-13-27)47(32)35(48)46-22-20-45(21-23-46)19-18-30-25-50-37(5,6)51-30/h10-17,24,30H,9,18-23,25H2,1-8H3/t30-,38?,39?/m1/s1. The molecule has 3 atom stereocenters. The van der Waals surface area contributed by atoms with E-state index in [1.54, 1.807) is 6.20 Å². The third-order valence-electron chi connectivity index (χ3n) is 10.4. The number of amidine groups is 1. The highest BCUT2D eigenvalue weighted by molar-refractivity contribution is 6.30. The summed E-state index contributed by atoms with van der Waals surface area (Å²) in [4.78, 5) is 36.6. The number of amides is 2. The molecule has 2 unspecified atom stereocenters. The molecule has 4 heterocycles. The second-order valence-electron chi connectivity index (χ2n) is 15.4. The predicted molar refractivity (Wildman–Crippen MR) is 201 cm³/mol. The average molecular weight is 738 g/mol. The normalized spacial score (nSPS) is 25.3. The number of urea groups is 1. The van der Waals surface area contributed by atoms with E-state index >= 15 is 4.79 Å².